The van der Waals surface area contributed by atoms with Crippen LogP contribution in [0.2, 0.25) is 0 Å². The Morgan fingerprint density at radius 2 is 1.00 bits per heavy atom. The second kappa shape index (κ2) is 55.6. The first kappa shape index (κ1) is 114. The van der Waals surface area contributed by atoms with E-state index in [0.29, 0.717) is 28.8 Å². The maximum Gasteiger partial charge on any atom is 0.399 e. The van der Waals surface area contributed by atoms with Crippen molar-refractivity contribution in [2.45, 2.75) is 19.3 Å². The first-order valence-electron chi connectivity index (χ1n) is 35.6. The number of aromatic carboxylic acids is 1. The van der Waals surface area contributed by atoms with Gasteiger partial charge in [0.15, 0.2) is 5.69 Å². The molecule has 0 amide bonds. The minimum atomic E-state index is -4.91. The monoisotopic (exact) mass is 3000 g/mol. The van der Waals surface area contributed by atoms with Gasteiger partial charge in [-0.15, -0.1) is 89.2 Å². The summed E-state index contributed by atoms with van der Waals surface area (Å²) < 4.78 is 181. The maximum atomic E-state index is 14.0. The summed E-state index contributed by atoms with van der Waals surface area (Å²) >= 11 is 0. The molecule has 0 bridgehead atoms. The molecule has 16 rings (SSSR count). The van der Waals surface area contributed by atoms with Crippen LogP contribution in [0.3, 0.4) is 0 Å². The van der Waals surface area contributed by atoms with Crippen molar-refractivity contribution in [3.8, 4) is 56.3 Å². The molecule has 14 aromatic rings. The molecule has 681 valence electrons. The fourth-order valence-electron chi connectivity index (χ4n) is 10.5. The second-order valence-corrected chi connectivity index (χ2v) is 25.5. The Kier molecular flexibility index (Phi) is 49.4. The standard InChI is InChI=1S/C14H10F2N3.C13H6F6N.C13H11F2N2.C13H10N2.C12H8F2N.C11H6F2N.C10H10N2.C6H5NO2.7Ir/c1-17-14-11(15)5-4-10(13(14)16)12-8-9(19(2)3)6-7-18-12;14-12(15,16)9-5-8(11-3-1-2-4-20-11)6-10(7-9)13(17,18)19;1-17(2)10-4-6-13(16-8-10)11-5-3-9(14)7-12(11)15;1-2-6-11(7-3-1)15-10-14-12-8-4-5-9-13(12)15;1-8-3-2-6-15-12(8)10-5-4-9(13)7-11(10)14;12-8-4-5-9(10(13)7-8)11-3-1-2-6-14-11;1-11-7-8-12(9-11)10-5-3-2-4-6-10;8-6(9)5-3-1-2-4-7-5;;;;;;;/h5-8H,2-3H3;1-5,7H;3-4,6-8H,1-2H3;1-6,8-10,14H;2-4,6-7H,1H3;1-4,6-7H;2-5,7-9H,1H3;1-4H,(H,8,9);;;;;;;/q3*-1;-2;2*-1;-2;;;;;;;;. The Bertz CT molecular complexity index is 5790. The summed E-state index contributed by atoms with van der Waals surface area (Å²) in [5, 5.41) is 11.6. The van der Waals surface area contributed by atoms with Crippen LogP contribution >= 0.6 is 0 Å². The number of anilines is 6. The molecular weight excluding hydrogens is 2930 g/mol. The number of benzene rings is 8. The van der Waals surface area contributed by atoms with Gasteiger partial charge in [0.1, 0.15) is 5.69 Å². The number of fused-ring (bicyclic) bond motifs is 1. The van der Waals surface area contributed by atoms with Crippen molar-refractivity contribution in [2.75, 3.05) is 60.2 Å². The second-order valence-electron chi connectivity index (χ2n) is 25.5. The van der Waals surface area contributed by atoms with E-state index >= 15 is 0 Å². The van der Waals surface area contributed by atoms with Crippen LogP contribution in [-0.4, -0.2) is 81.1 Å². The van der Waals surface area contributed by atoms with Crippen molar-refractivity contribution < 1.29 is 212 Å². The number of alkyl halides is 6. The Hall–Kier alpha value is -10.3. The molecule has 0 unspecified atom stereocenters. The average Bonchev–Trinajstić information content (AvgIpc) is 1.03. The summed E-state index contributed by atoms with van der Waals surface area (Å²) in [5.74, 6) is -6.70. The van der Waals surface area contributed by atoms with Crippen LogP contribution in [0, 0.1) is 116 Å². The number of carboxylic acids is 1. The van der Waals surface area contributed by atoms with Crippen LogP contribution in [0.25, 0.3) is 61.1 Å². The molecule has 0 aliphatic carbocycles. The SMILES string of the molecule is CN(C)c1ccc(-c2[c-]cc(F)cc2F)nc1.CN1C=CN(c2[c-]cccc2)[CH-]1.Cc1cccnc1-c1[c-]cc(F)cc1F.FC(F)(F)c1[c-]c(-c2ccccn2)cc(C(F)(F)F)c1.Fc1c[c-]c(-c2ccccn2)c(F)c1.O=C(O)c1ccccn1.[C-]#[N+]c1c(F)c[c-]c(-c2cc(N(C)C)ccn2)c1F.[Ir].[Ir].[Ir].[Ir].[Ir].[Ir].[Ir].[c-]1ccccc1N1[CH-]Nc2ccccc21. The van der Waals surface area contributed by atoms with Crippen molar-refractivity contribution >= 4 is 45.8 Å². The normalized spacial score (nSPS) is 10.8. The van der Waals surface area contributed by atoms with Crippen LogP contribution in [-0.2, 0) is 153 Å². The smallest absolute Gasteiger partial charge is 0.399 e. The van der Waals surface area contributed by atoms with Crippen LogP contribution in [0.15, 0.2) is 268 Å². The number of aromatic nitrogens is 6. The van der Waals surface area contributed by atoms with Gasteiger partial charge < -0.3 is 59.8 Å². The number of para-hydroxylation sites is 4. The predicted octanol–water partition coefficient (Wildman–Crippen LogP) is 22.6. The van der Waals surface area contributed by atoms with Crippen molar-refractivity contribution in [1.82, 2.24) is 34.8 Å². The van der Waals surface area contributed by atoms with Gasteiger partial charge in [0.05, 0.1) is 12.3 Å². The third kappa shape index (κ3) is 34.0. The number of hydrogen-bond acceptors (Lipinski definition) is 13. The van der Waals surface area contributed by atoms with Crippen molar-refractivity contribution in [3.05, 3.63) is 404 Å². The van der Waals surface area contributed by atoms with E-state index in [0.717, 1.165) is 76.5 Å². The van der Waals surface area contributed by atoms with Gasteiger partial charge in [-0.05, 0) is 121 Å². The minimum Gasteiger partial charge on any atom is -0.514 e. The molecule has 128 heavy (non-hydrogen) atoms. The Morgan fingerprint density at radius 3 is 1.47 bits per heavy atom. The zero-order chi connectivity index (χ0) is 87.3. The van der Waals surface area contributed by atoms with E-state index in [1.165, 1.54) is 48.5 Å². The zero-order valence-corrected chi connectivity index (χ0v) is 83.7. The van der Waals surface area contributed by atoms with E-state index in [9.17, 15) is 66.3 Å². The van der Waals surface area contributed by atoms with Gasteiger partial charge in [0.25, 0.3) is 0 Å². The van der Waals surface area contributed by atoms with Crippen molar-refractivity contribution in [1.29, 1.82) is 0 Å². The first-order valence-corrected chi connectivity index (χ1v) is 35.6. The van der Waals surface area contributed by atoms with Crippen LogP contribution in [0.5, 0.6) is 0 Å². The first-order chi connectivity index (χ1) is 57.9. The number of carbonyl (C=O) groups is 1. The van der Waals surface area contributed by atoms with E-state index in [-0.39, 0.29) is 186 Å². The van der Waals surface area contributed by atoms with E-state index in [2.05, 4.69) is 93.5 Å². The topological polar surface area (TPSA) is 147 Å². The minimum absolute atomic E-state index is 0. The number of nitrogens with one attached hydrogen (secondary N) is 1. The molecule has 2 aliphatic rings. The maximum absolute atomic E-state index is 14.0. The van der Waals surface area contributed by atoms with Crippen LogP contribution in [0.4, 0.5) is 101 Å². The molecule has 0 saturated heterocycles. The van der Waals surface area contributed by atoms with E-state index in [1.54, 1.807) is 73.2 Å². The molecule has 0 spiro atoms. The molecule has 8 aromatic carbocycles. The Labute approximate surface area is 825 Å². The number of halogens is 14. The quantitative estimate of drug-likeness (QED) is 0.0988. The summed E-state index contributed by atoms with van der Waals surface area (Å²) in [6.45, 7) is 12.6. The van der Waals surface area contributed by atoms with Crippen molar-refractivity contribution in [2.24, 2.45) is 0 Å². The molecular formula is C92H66F14Ir7N13O2-9. The van der Waals surface area contributed by atoms with Crippen LogP contribution in [0.1, 0.15) is 27.2 Å². The summed E-state index contributed by atoms with van der Waals surface area (Å²) in [7, 11) is 9.46. The van der Waals surface area contributed by atoms with E-state index in [4.69, 9.17) is 11.7 Å². The van der Waals surface area contributed by atoms with Gasteiger partial charge >= 0.3 is 18.3 Å². The van der Waals surface area contributed by atoms with Gasteiger partial charge in [0.2, 0.25) is 0 Å². The number of nitrogens with zero attached hydrogens (tertiary/aromatic N) is 12. The van der Waals surface area contributed by atoms with Crippen LogP contribution < -0.4 is 24.9 Å². The molecule has 2 aliphatic heterocycles. The van der Waals surface area contributed by atoms with Gasteiger partial charge in [-0.3, -0.25) is 40.0 Å². The molecule has 0 atom stereocenters. The molecule has 0 fully saturated rings. The molecule has 36 heteroatoms. The van der Waals surface area contributed by atoms with E-state index in [1.807, 2.05) is 166 Å². The molecule has 7 radical (unpaired) electrons. The van der Waals surface area contributed by atoms with Gasteiger partial charge in [0, 0.05) is 270 Å². The third-order valence-corrected chi connectivity index (χ3v) is 16.4. The van der Waals surface area contributed by atoms with Gasteiger partial charge in [-0.1, -0.05) is 101 Å². The summed E-state index contributed by atoms with van der Waals surface area (Å²) in [6, 6.07) is 74.4. The summed E-state index contributed by atoms with van der Waals surface area (Å²) in [4.78, 5) is 46.3. The number of hydrogen-bond donors (Lipinski definition) is 2. The van der Waals surface area contributed by atoms with E-state index < -0.39 is 81.7 Å². The fourth-order valence-corrected chi connectivity index (χ4v) is 10.5. The number of carboxylic acid groups (broad SMARTS) is 1. The number of aryl methyl sites for hydroxylation is 1. The summed E-state index contributed by atoms with van der Waals surface area (Å²) in [5.41, 5.74) is 5.47. The molecule has 6 aromatic heterocycles. The fraction of sp³-hybridized carbons (Fsp3) is 0.0870. The van der Waals surface area contributed by atoms with Gasteiger partial charge in [-0.25, -0.2) is 9.78 Å². The molecule has 2 N–H and O–H groups in total. The largest absolute Gasteiger partial charge is 0.514 e. The Balaban J connectivity index is 0.000000495. The van der Waals surface area contributed by atoms with Crippen molar-refractivity contribution in [3.63, 3.8) is 0 Å². The summed E-state index contributed by atoms with van der Waals surface area (Å²) in [6.07, 6.45) is 3.21. The zero-order valence-electron chi connectivity index (χ0n) is 66.9. The average molecular weight is 3000 g/mol. The van der Waals surface area contributed by atoms with Gasteiger partial charge in [-0.2, -0.15) is 100 Å². The molecule has 15 nitrogen and oxygen atoms in total. The Morgan fingerprint density at radius 1 is 0.484 bits per heavy atom. The predicted molar refractivity (Wildman–Crippen MR) is 434 cm³/mol. The molecule has 0 saturated carbocycles. The number of pyridine rings is 6. The molecule has 8 heterocycles. The number of rotatable bonds is 10. The third-order valence-electron chi connectivity index (χ3n) is 16.4.